The number of nitrogens with zero attached hydrogens (tertiary/aromatic N) is 1. The molecule has 100 valence electrons. The summed E-state index contributed by atoms with van der Waals surface area (Å²) in [6.45, 7) is 3.82. The van der Waals surface area contributed by atoms with Crippen LogP contribution in [0.1, 0.15) is 19.2 Å². The zero-order valence-electron chi connectivity index (χ0n) is 10.7. The SMILES string of the molecule is CC1CC1CNCc1nc2cc(Cl)ccc2c(=O)[nH]1. The second-order valence-electron chi connectivity index (χ2n) is 5.28. The highest BCUT2D eigenvalue weighted by atomic mass is 35.5. The van der Waals surface area contributed by atoms with E-state index < -0.39 is 0 Å². The molecule has 0 bridgehead atoms. The van der Waals surface area contributed by atoms with Crippen LogP contribution in [0.25, 0.3) is 10.9 Å². The van der Waals surface area contributed by atoms with E-state index in [9.17, 15) is 4.79 Å². The van der Waals surface area contributed by atoms with E-state index in [1.165, 1.54) is 6.42 Å². The monoisotopic (exact) mass is 277 g/mol. The Labute approximate surface area is 116 Å². The van der Waals surface area contributed by atoms with Crippen LogP contribution in [0.2, 0.25) is 5.02 Å². The van der Waals surface area contributed by atoms with E-state index in [0.717, 1.165) is 18.4 Å². The normalized spacial score (nSPS) is 21.8. The van der Waals surface area contributed by atoms with E-state index in [1.54, 1.807) is 18.2 Å². The number of halogens is 1. The first-order valence-corrected chi connectivity index (χ1v) is 6.90. The van der Waals surface area contributed by atoms with Gasteiger partial charge in [0.05, 0.1) is 17.4 Å². The molecule has 2 aromatic rings. The van der Waals surface area contributed by atoms with E-state index in [2.05, 4.69) is 22.2 Å². The minimum Gasteiger partial charge on any atom is -0.310 e. The Morgan fingerprint density at radius 1 is 1.53 bits per heavy atom. The van der Waals surface area contributed by atoms with Gasteiger partial charge in [0.2, 0.25) is 0 Å². The summed E-state index contributed by atoms with van der Waals surface area (Å²) in [5, 5.41) is 4.50. The molecular formula is C14H16ClN3O. The predicted molar refractivity (Wildman–Crippen MR) is 76.4 cm³/mol. The van der Waals surface area contributed by atoms with Gasteiger partial charge in [0.15, 0.2) is 0 Å². The summed E-state index contributed by atoms with van der Waals surface area (Å²) < 4.78 is 0. The molecule has 5 heteroatoms. The highest BCUT2D eigenvalue weighted by Gasteiger charge is 2.31. The largest absolute Gasteiger partial charge is 0.310 e. The Morgan fingerprint density at radius 3 is 3.05 bits per heavy atom. The molecule has 4 nitrogen and oxygen atoms in total. The van der Waals surface area contributed by atoms with Gasteiger partial charge in [0, 0.05) is 5.02 Å². The summed E-state index contributed by atoms with van der Waals surface area (Å²) in [5.41, 5.74) is 0.533. The summed E-state index contributed by atoms with van der Waals surface area (Å²) >= 11 is 5.93. The molecule has 1 fully saturated rings. The molecule has 0 radical (unpaired) electrons. The molecular weight excluding hydrogens is 262 g/mol. The van der Waals surface area contributed by atoms with Crippen LogP contribution in [0.15, 0.2) is 23.0 Å². The first-order chi connectivity index (χ1) is 9.13. The maximum absolute atomic E-state index is 11.9. The third kappa shape index (κ3) is 2.80. The van der Waals surface area contributed by atoms with Gasteiger partial charge in [-0.1, -0.05) is 18.5 Å². The summed E-state index contributed by atoms with van der Waals surface area (Å²) in [6.07, 6.45) is 1.30. The maximum atomic E-state index is 11.9. The molecule has 1 aromatic carbocycles. The molecule has 2 unspecified atom stereocenters. The number of nitrogens with one attached hydrogen (secondary N) is 2. The quantitative estimate of drug-likeness (QED) is 0.902. The first kappa shape index (κ1) is 12.6. The number of hydrogen-bond donors (Lipinski definition) is 2. The van der Waals surface area contributed by atoms with Crippen LogP contribution in [0.3, 0.4) is 0 Å². The van der Waals surface area contributed by atoms with Crippen LogP contribution in [0, 0.1) is 11.8 Å². The Kier molecular flexibility index (Phi) is 3.29. The van der Waals surface area contributed by atoms with E-state index in [0.29, 0.717) is 28.3 Å². The van der Waals surface area contributed by atoms with Gasteiger partial charge < -0.3 is 10.3 Å². The standard InChI is InChI=1S/C14H16ClN3O/c1-8-4-9(8)6-16-7-13-17-12-5-10(15)2-3-11(12)14(19)18-13/h2-3,5,8-9,16H,4,6-7H2,1H3,(H,17,18,19). The highest BCUT2D eigenvalue weighted by molar-refractivity contribution is 6.31. The Hall–Kier alpha value is -1.39. The Morgan fingerprint density at radius 2 is 2.32 bits per heavy atom. The molecule has 1 heterocycles. The van der Waals surface area contributed by atoms with E-state index in [4.69, 9.17) is 11.6 Å². The third-order valence-corrected chi connectivity index (χ3v) is 3.93. The molecule has 2 N–H and O–H groups in total. The van der Waals surface area contributed by atoms with Crippen molar-refractivity contribution < 1.29 is 0 Å². The van der Waals surface area contributed by atoms with Crippen molar-refractivity contribution in [3.05, 3.63) is 39.4 Å². The summed E-state index contributed by atoms with van der Waals surface area (Å²) in [4.78, 5) is 19.1. The summed E-state index contributed by atoms with van der Waals surface area (Å²) in [7, 11) is 0. The number of aromatic nitrogens is 2. The van der Waals surface area contributed by atoms with Crippen molar-refractivity contribution in [2.75, 3.05) is 6.54 Å². The fourth-order valence-electron chi connectivity index (χ4n) is 2.30. The smallest absolute Gasteiger partial charge is 0.258 e. The van der Waals surface area contributed by atoms with Crippen LogP contribution < -0.4 is 10.9 Å². The average molecular weight is 278 g/mol. The van der Waals surface area contributed by atoms with Crippen molar-refractivity contribution in [1.82, 2.24) is 15.3 Å². The van der Waals surface area contributed by atoms with Crippen molar-refractivity contribution in [3.63, 3.8) is 0 Å². The van der Waals surface area contributed by atoms with E-state index >= 15 is 0 Å². The lowest BCUT2D eigenvalue weighted by atomic mass is 10.2. The van der Waals surface area contributed by atoms with Gasteiger partial charge >= 0.3 is 0 Å². The number of rotatable bonds is 4. The van der Waals surface area contributed by atoms with E-state index in [1.807, 2.05) is 0 Å². The first-order valence-electron chi connectivity index (χ1n) is 6.52. The molecule has 1 aliphatic carbocycles. The van der Waals surface area contributed by atoms with Crippen LogP contribution in [-0.4, -0.2) is 16.5 Å². The van der Waals surface area contributed by atoms with E-state index in [-0.39, 0.29) is 5.56 Å². The minimum atomic E-state index is -0.113. The molecule has 1 aliphatic rings. The van der Waals surface area contributed by atoms with Gasteiger partial charge in [-0.2, -0.15) is 0 Å². The fraction of sp³-hybridized carbons (Fsp3) is 0.429. The van der Waals surface area contributed by atoms with Gasteiger partial charge in [-0.05, 0) is 43.0 Å². The van der Waals surface area contributed by atoms with Crippen molar-refractivity contribution in [2.24, 2.45) is 11.8 Å². The number of aromatic amines is 1. The lowest BCUT2D eigenvalue weighted by molar-refractivity contribution is 0.597. The summed E-state index contributed by atoms with van der Waals surface area (Å²) in [5.74, 6) is 2.27. The van der Waals surface area contributed by atoms with Gasteiger partial charge in [0.1, 0.15) is 5.82 Å². The van der Waals surface area contributed by atoms with Crippen molar-refractivity contribution in [3.8, 4) is 0 Å². The van der Waals surface area contributed by atoms with Crippen LogP contribution in [0.5, 0.6) is 0 Å². The zero-order chi connectivity index (χ0) is 13.4. The predicted octanol–water partition coefficient (Wildman–Crippen LogP) is 2.32. The fourth-order valence-corrected chi connectivity index (χ4v) is 2.47. The van der Waals surface area contributed by atoms with Gasteiger partial charge in [0.25, 0.3) is 5.56 Å². The molecule has 1 saturated carbocycles. The molecule has 0 saturated heterocycles. The Bertz CT molecular complexity index is 667. The maximum Gasteiger partial charge on any atom is 0.258 e. The number of benzene rings is 1. The van der Waals surface area contributed by atoms with Gasteiger partial charge in [-0.3, -0.25) is 4.79 Å². The highest BCUT2D eigenvalue weighted by Crippen LogP contribution is 2.36. The lowest BCUT2D eigenvalue weighted by Crippen LogP contribution is -2.21. The van der Waals surface area contributed by atoms with Crippen LogP contribution >= 0.6 is 11.6 Å². The third-order valence-electron chi connectivity index (χ3n) is 3.69. The molecule has 19 heavy (non-hydrogen) atoms. The minimum absolute atomic E-state index is 0.113. The van der Waals surface area contributed by atoms with Gasteiger partial charge in [-0.15, -0.1) is 0 Å². The summed E-state index contributed by atoms with van der Waals surface area (Å²) in [6, 6.07) is 5.12. The molecule has 1 aromatic heterocycles. The topological polar surface area (TPSA) is 57.8 Å². The molecule has 0 aliphatic heterocycles. The van der Waals surface area contributed by atoms with Gasteiger partial charge in [-0.25, -0.2) is 4.98 Å². The zero-order valence-corrected chi connectivity index (χ0v) is 11.5. The average Bonchev–Trinajstić information content (AvgIpc) is 3.04. The second kappa shape index (κ2) is 4.94. The number of H-pyrrole nitrogens is 1. The molecule has 0 amide bonds. The van der Waals surface area contributed by atoms with Crippen molar-refractivity contribution in [1.29, 1.82) is 0 Å². The van der Waals surface area contributed by atoms with Crippen LogP contribution in [0.4, 0.5) is 0 Å². The lowest BCUT2D eigenvalue weighted by Gasteiger charge is -2.05. The molecule has 2 atom stereocenters. The molecule has 0 spiro atoms. The Balaban J connectivity index is 1.77. The number of fused-ring (bicyclic) bond motifs is 1. The van der Waals surface area contributed by atoms with Crippen molar-refractivity contribution in [2.45, 2.75) is 19.9 Å². The van der Waals surface area contributed by atoms with Crippen LogP contribution in [-0.2, 0) is 6.54 Å². The van der Waals surface area contributed by atoms with Crippen molar-refractivity contribution >= 4 is 22.5 Å². The number of hydrogen-bond acceptors (Lipinski definition) is 3. The second-order valence-corrected chi connectivity index (χ2v) is 5.71. The molecule has 3 rings (SSSR count).